The van der Waals surface area contributed by atoms with Gasteiger partial charge in [0.15, 0.2) is 0 Å². The third-order valence-electron chi connectivity index (χ3n) is 10.8. The molecule has 1 atom stereocenters. The summed E-state index contributed by atoms with van der Waals surface area (Å²) in [6.07, 6.45) is 57.4. The summed E-state index contributed by atoms with van der Waals surface area (Å²) < 4.78 is 0. The molecule has 0 aromatic heterocycles. The smallest absolute Gasteiger partial charge is 0.101 e. The Kier molecular flexibility index (Phi) is 33.6. The molecule has 46 heavy (non-hydrogen) atoms. The molecule has 0 bridgehead atoms. The minimum absolute atomic E-state index is 0.638. The predicted molar refractivity (Wildman–Crippen MR) is 210 cm³/mol. The Morgan fingerprint density at radius 3 is 0.761 bits per heavy atom. The lowest BCUT2D eigenvalue weighted by Gasteiger charge is -2.33. The van der Waals surface area contributed by atoms with Crippen molar-refractivity contribution >= 4 is 0 Å². The fraction of sp³-hybridized carbons (Fsp3) is 0.955. The largest absolute Gasteiger partial charge is 0.356 e. The van der Waals surface area contributed by atoms with E-state index in [-0.39, 0.29) is 0 Å². The molecule has 1 aliphatic heterocycles. The molecule has 1 rings (SSSR count). The topological polar surface area (TPSA) is 6.48 Å². The summed E-state index contributed by atoms with van der Waals surface area (Å²) in [4.78, 5) is 5.46. The van der Waals surface area contributed by atoms with Gasteiger partial charge in [0.1, 0.15) is 6.17 Å². The van der Waals surface area contributed by atoms with Crippen LogP contribution < -0.4 is 0 Å². The first-order chi connectivity index (χ1) is 22.8. The van der Waals surface area contributed by atoms with Crippen LogP contribution >= 0.6 is 0 Å². The average Bonchev–Trinajstić information content (AvgIpc) is 3.45. The van der Waals surface area contributed by atoms with E-state index in [1.54, 1.807) is 0 Å². The summed E-state index contributed by atoms with van der Waals surface area (Å²) >= 11 is 0. The highest BCUT2D eigenvalue weighted by Crippen LogP contribution is 2.24. The number of rotatable bonds is 38. The second-order valence-corrected chi connectivity index (χ2v) is 15.4. The van der Waals surface area contributed by atoms with E-state index in [0.717, 1.165) is 0 Å². The van der Waals surface area contributed by atoms with Crippen LogP contribution in [-0.4, -0.2) is 29.1 Å². The van der Waals surface area contributed by atoms with E-state index in [2.05, 4.69) is 43.0 Å². The van der Waals surface area contributed by atoms with Crippen molar-refractivity contribution in [1.29, 1.82) is 0 Å². The maximum atomic E-state index is 2.73. The lowest BCUT2D eigenvalue weighted by atomic mass is 10.0. The first-order valence-electron chi connectivity index (χ1n) is 22.0. The molecule has 0 aromatic rings. The molecule has 2 heteroatoms. The zero-order chi connectivity index (χ0) is 33.0. The van der Waals surface area contributed by atoms with Crippen LogP contribution in [0.1, 0.15) is 252 Å². The quantitative estimate of drug-likeness (QED) is 0.0617. The van der Waals surface area contributed by atoms with Crippen molar-refractivity contribution in [3.05, 3.63) is 12.4 Å². The maximum Gasteiger partial charge on any atom is 0.101 e. The van der Waals surface area contributed by atoms with E-state index in [9.17, 15) is 0 Å². The van der Waals surface area contributed by atoms with Crippen LogP contribution in [0.3, 0.4) is 0 Å². The number of unbranched alkanes of at least 4 members (excludes halogenated alkanes) is 32. The van der Waals surface area contributed by atoms with Gasteiger partial charge in [0, 0.05) is 25.5 Å². The Morgan fingerprint density at radius 2 is 0.500 bits per heavy atom. The Bertz CT molecular complexity index is 601. The van der Waals surface area contributed by atoms with Gasteiger partial charge in [0.25, 0.3) is 0 Å². The summed E-state index contributed by atoms with van der Waals surface area (Å²) in [5, 5.41) is 0. The molecular formula is C44H88N2. The van der Waals surface area contributed by atoms with Crippen molar-refractivity contribution in [3.8, 4) is 0 Å². The van der Waals surface area contributed by atoms with Crippen LogP contribution in [0.4, 0.5) is 0 Å². The van der Waals surface area contributed by atoms with E-state index >= 15 is 0 Å². The summed E-state index contributed by atoms with van der Waals surface area (Å²) in [5.74, 6) is 0. The second-order valence-electron chi connectivity index (χ2n) is 15.4. The number of nitrogens with zero attached hydrogens (tertiary/aromatic N) is 2. The van der Waals surface area contributed by atoms with Crippen LogP contribution in [-0.2, 0) is 0 Å². The number of hydrogen-bond acceptors (Lipinski definition) is 2. The fourth-order valence-corrected chi connectivity index (χ4v) is 7.60. The lowest BCUT2D eigenvalue weighted by Crippen LogP contribution is -2.39. The SMILES string of the molecule is CCCCCCCCCCCCCCCN1C=CN(CCCCCCCCCCCCCC)C1CCCCCCCCCCCC. The van der Waals surface area contributed by atoms with Crippen molar-refractivity contribution in [3.63, 3.8) is 0 Å². The van der Waals surface area contributed by atoms with E-state index in [1.807, 2.05) is 0 Å². The highest BCUT2D eigenvalue weighted by atomic mass is 15.4. The molecule has 1 aliphatic rings. The fourth-order valence-electron chi connectivity index (χ4n) is 7.60. The molecular weight excluding hydrogens is 556 g/mol. The van der Waals surface area contributed by atoms with Gasteiger partial charge < -0.3 is 9.80 Å². The van der Waals surface area contributed by atoms with Crippen LogP contribution in [0.5, 0.6) is 0 Å². The van der Waals surface area contributed by atoms with Crippen molar-refractivity contribution in [2.45, 2.75) is 258 Å². The summed E-state index contributed by atoms with van der Waals surface area (Å²) in [5.41, 5.74) is 0. The van der Waals surface area contributed by atoms with Crippen LogP contribution in [0.25, 0.3) is 0 Å². The van der Waals surface area contributed by atoms with Gasteiger partial charge in [-0.2, -0.15) is 0 Å². The van der Waals surface area contributed by atoms with Crippen molar-refractivity contribution < 1.29 is 0 Å². The number of hydrogen-bond donors (Lipinski definition) is 0. The maximum absolute atomic E-state index is 2.73. The minimum Gasteiger partial charge on any atom is -0.356 e. The van der Waals surface area contributed by atoms with Crippen molar-refractivity contribution in [2.24, 2.45) is 0 Å². The molecule has 0 radical (unpaired) electrons. The molecule has 0 aliphatic carbocycles. The molecule has 0 aromatic carbocycles. The van der Waals surface area contributed by atoms with Crippen LogP contribution in [0.2, 0.25) is 0 Å². The van der Waals surface area contributed by atoms with Gasteiger partial charge in [-0.05, 0) is 25.7 Å². The molecule has 0 spiro atoms. The van der Waals surface area contributed by atoms with Gasteiger partial charge in [-0.1, -0.05) is 226 Å². The van der Waals surface area contributed by atoms with E-state index in [0.29, 0.717) is 6.17 Å². The van der Waals surface area contributed by atoms with E-state index < -0.39 is 0 Å². The van der Waals surface area contributed by atoms with Gasteiger partial charge >= 0.3 is 0 Å². The molecule has 1 unspecified atom stereocenters. The predicted octanol–water partition coefficient (Wildman–Crippen LogP) is 15.5. The Balaban J connectivity index is 2.21. The summed E-state index contributed by atoms with van der Waals surface area (Å²) in [6, 6.07) is 0. The Labute approximate surface area is 292 Å². The van der Waals surface area contributed by atoms with E-state index in [4.69, 9.17) is 0 Å². The van der Waals surface area contributed by atoms with Gasteiger partial charge in [0.05, 0.1) is 0 Å². The Morgan fingerprint density at radius 1 is 0.283 bits per heavy atom. The molecule has 0 fully saturated rings. The molecule has 0 saturated carbocycles. The van der Waals surface area contributed by atoms with Gasteiger partial charge in [-0.15, -0.1) is 0 Å². The summed E-state index contributed by atoms with van der Waals surface area (Å²) in [7, 11) is 0. The molecule has 274 valence electrons. The molecule has 0 amide bonds. The normalized spacial score (nSPS) is 14.7. The van der Waals surface area contributed by atoms with Crippen LogP contribution in [0, 0.1) is 0 Å². The molecule has 2 nitrogen and oxygen atoms in total. The first-order valence-corrected chi connectivity index (χ1v) is 22.0. The monoisotopic (exact) mass is 645 g/mol. The van der Waals surface area contributed by atoms with E-state index in [1.165, 1.54) is 244 Å². The van der Waals surface area contributed by atoms with Crippen molar-refractivity contribution in [1.82, 2.24) is 9.80 Å². The highest BCUT2D eigenvalue weighted by Gasteiger charge is 2.24. The molecule has 0 saturated heterocycles. The standard InChI is InChI=1S/C44H88N2/c1-4-7-10-13-16-19-22-24-26-29-32-35-38-41-46-43-42-45(40-37-34-31-28-25-23-20-17-14-11-8-5-2)44(46)39-36-33-30-27-21-18-15-12-9-6-3/h42-44H,4-41H2,1-3H3. The minimum atomic E-state index is 0.638. The van der Waals surface area contributed by atoms with Gasteiger partial charge in [-0.25, -0.2) is 0 Å². The zero-order valence-corrected chi connectivity index (χ0v) is 32.5. The van der Waals surface area contributed by atoms with Crippen molar-refractivity contribution in [2.75, 3.05) is 13.1 Å². The average molecular weight is 645 g/mol. The first kappa shape index (κ1) is 43.4. The lowest BCUT2D eigenvalue weighted by molar-refractivity contribution is 0.135. The van der Waals surface area contributed by atoms with Gasteiger partial charge in [0.2, 0.25) is 0 Å². The second kappa shape index (κ2) is 35.6. The third-order valence-corrected chi connectivity index (χ3v) is 10.8. The molecule has 1 heterocycles. The van der Waals surface area contributed by atoms with Crippen LogP contribution in [0.15, 0.2) is 12.4 Å². The third kappa shape index (κ3) is 27.3. The Hall–Kier alpha value is -0.660. The molecule has 0 N–H and O–H groups in total. The zero-order valence-electron chi connectivity index (χ0n) is 32.5. The highest BCUT2D eigenvalue weighted by molar-refractivity contribution is 4.97. The summed E-state index contributed by atoms with van der Waals surface area (Å²) in [6.45, 7) is 9.49. The van der Waals surface area contributed by atoms with Gasteiger partial charge in [-0.3, -0.25) is 0 Å².